The van der Waals surface area contributed by atoms with Gasteiger partial charge in [0.2, 0.25) is 0 Å². The predicted molar refractivity (Wildman–Crippen MR) is 39.5 cm³/mol. The number of Topliss-reactive ketones (excluding diaryl/α,β-unsaturated/α-hetero) is 1. The minimum atomic E-state index is 0.395. The summed E-state index contributed by atoms with van der Waals surface area (Å²) in [6.07, 6.45) is 5.15. The third-order valence-corrected chi connectivity index (χ3v) is 2.83. The standard InChI is InChI=1S/C9H12O/c1-2-6-7-4-3-5-8(10)9(6)7/h2,6-7,9H,1,3-5H2. The molecule has 0 aromatic heterocycles. The first-order valence-electron chi connectivity index (χ1n) is 4.00. The third-order valence-electron chi connectivity index (χ3n) is 2.83. The molecule has 1 heteroatoms. The van der Waals surface area contributed by atoms with Crippen molar-refractivity contribution < 1.29 is 4.79 Å². The highest BCUT2D eigenvalue weighted by atomic mass is 16.1. The van der Waals surface area contributed by atoms with E-state index in [2.05, 4.69) is 6.58 Å². The molecule has 0 amide bonds. The Morgan fingerprint density at radius 2 is 2.40 bits per heavy atom. The first-order chi connectivity index (χ1) is 4.84. The van der Waals surface area contributed by atoms with Gasteiger partial charge in [0.1, 0.15) is 5.78 Å². The molecule has 2 aliphatic carbocycles. The van der Waals surface area contributed by atoms with E-state index in [1.807, 2.05) is 6.08 Å². The lowest BCUT2D eigenvalue weighted by Crippen LogP contribution is -2.07. The van der Waals surface area contributed by atoms with Crippen LogP contribution >= 0.6 is 0 Å². The molecule has 0 aliphatic heterocycles. The van der Waals surface area contributed by atoms with Crippen molar-refractivity contribution in [3.63, 3.8) is 0 Å². The van der Waals surface area contributed by atoms with Gasteiger partial charge >= 0.3 is 0 Å². The number of hydrogen-bond donors (Lipinski definition) is 0. The zero-order valence-electron chi connectivity index (χ0n) is 6.05. The van der Waals surface area contributed by atoms with E-state index in [0.29, 0.717) is 23.5 Å². The lowest BCUT2D eigenvalue weighted by Gasteiger charge is -2.04. The molecule has 3 unspecified atom stereocenters. The number of rotatable bonds is 1. The minimum Gasteiger partial charge on any atom is -0.299 e. The van der Waals surface area contributed by atoms with E-state index < -0.39 is 0 Å². The zero-order chi connectivity index (χ0) is 7.14. The van der Waals surface area contributed by atoms with Gasteiger partial charge < -0.3 is 0 Å². The van der Waals surface area contributed by atoms with Crippen molar-refractivity contribution in [2.24, 2.45) is 17.8 Å². The van der Waals surface area contributed by atoms with Gasteiger partial charge in [-0.15, -0.1) is 6.58 Å². The SMILES string of the molecule is C=CC1C2CCCC(=O)C12. The number of carbonyl (C=O) groups excluding carboxylic acids is 1. The molecular formula is C9H12O. The van der Waals surface area contributed by atoms with E-state index in [1.54, 1.807) is 0 Å². The molecule has 0 aromatic carbocycles. The Kier molecular flexibility index (Phi) is 1.19. The Balaban J connectivity index is 2.10. The maximum atomic E-state index is 11.2. The Hall–Kier alpha value is -0.590. The molecule has 2 rings (SSSR count). The molecule has 2 saturated carbocycles. The van der Waals surface area contributed by atoms with Crippen LogP contribution in [0.3, 0.4) is 0 Å². The second kappa shape index (κ2) is 1.94. The van der Waals surface area contributed by atoms with Crippen molar-refractivity contribution in [2.45, 2.75) is 19.3 Å². The van der Waals surface area contributed by atoms with Crippen LogP contribution in [0.5, 0.6) is 0 Å². The van der Waals surface area contributed by atoms with Crippen LogP contribution in [0.4, 0.5) is 0 Å². The molecule has 0 radical (unpaired) electrons. The van der Waals surface area contributed by atoms with Crippen LogP contribution in [-0.4, -0.2) is 5.78 Å². The number of hydrogen-bond acceptors (Lipinski definition) is 1. The van der Waals surface area contributed by atoms with Crippen LogP contribution in [0, 0.1) is 17.8 Å². The summed E-state index contributed by atoms with van der Waals surface area (Å²) in [5, 5.41) is 0. The summed E-state index contributed by atoms with van der Waals surface area (Å²) in [6, 6.07) is 0. The van der Waals surface area contributed by atoms with Crippen LogP contribution < -0.4 is 0 Å². The maximum Gasteiger partial charge on any atom is 0.136 e. The Bertz CT molecular complexity index is 183. The summed E-state index contributed by atoms with van der Waals surface area (Å²) in [5.74, 6) is 2.13. The maximum absolute atomic E-state index is 11.2. The van der Waals surface area contributed by atoms with E-state index in [1.165, 1.54) is 6.42 Å². The number of ketones is 1. The zero-order valence-corrected chi connectivity index (χ0v) is 6.05. The van der Waals surface area contributed by atoms with Crippen molar-refractivity contribution in [2.75, 3.05) is 0 Å². The average Bonchev–Trinajstić information content (AvgIpc) is 2.63. The number of carbonyl (C=O) groups is 1. The molecule has 0 aromatic rings. The van der Waals surface area contributed by atoms with Crippen LogP contribution in [-0.2, 0) is 4.79 Å². The van der Waals surface area contributed by atoms with Crippen molar-refractivity contribution in [1.29, 1.82) is 0 Å². The lowest BCUT2D eigenvalue weighted by molar-refractivity contribution is -0.121. The molecule has 0 N–H and O–H groups in total. The van der Waals surface area contributed by atoms with Gasteiger partial charge in [0.05, 0.1) is 0 Å². The second-order valence-electron chi connectivity index (χ2n) is 3.36. The quantitative estimate of drug-likeness (QED) is 0.502. The highest BCUT2D eigenvalue weighted by Crippen LogP contribution is 2.53. The molecule has 0 heterocycles. The van der Waals surface area contributed by atoms with E-state index in [9.17, 15) is 4.79 Å². The van der Waals surface area contributed by atoms with Gasteiger partial charge in [-0.3, -0.25) is 4.79 Å². The molecule has 54 valence electrons. The van der Waals surface area contributed by atoms with Gasteiger partial charge in [0, 0.05) is 12.3 Å². The molecule has 2 aliphatic rings. The van der Waals surface area contributed by atoms with Crippen LogP contribution in [0.2, 0.25) is 0 Å². The highest BCUT2D eigenvalue weighted by molar-refractivity contribution is 5.85. The van der Waals surface area contributed by atoms with Gasteiger partial charge in [-0.1, -0.05) is 6.08 Å². The van der Waals surface area contributed by atoms with Gasteiger partial charge in [0.25, 0.3) is 0 Å². The summed E-state index contributed by atoms with van der Waals surface area (Å²) in [5.41, 5.74) is 0. The van der Waals surface area contributed by atoms with Crippen molar-refractivity contribution in [1.82, 2.24) is 0 Å². The smallest absolute Gasteiger partial charge is 0.136 e. The minimum absolute atomic E-state index is 0.395. The second-order valence-corrected chi connectivity index (χ2v) is 3.36. The van der Waals surface area contributed by atoms with Crippen LogP contribution in [0.25, 0.3) is 0 Å². The van der Waals surface area contributed by atoms with Gasteiger partial charge in [-0.05, 0) is 24.7 Å². The summed E-state index contributed by atoms with van der Waals surface area (Å²) in [6.45, 7) is 3.73. The van der Waals surface area contributed by atoms with Gasteiger partial charge in [-0.25, -0.2) is 0 Å². The molecule has 1 nitrogen and oxygen atoms in total. The summed E-state index contributed by atoms with van der Waals surface area (Å²) < 4.78 is 0. The summed E-state index contributed by atoms with van der Waals surface area (Å²) in [7, 11) is 0. The first-order valence-corrected chi connectivity index (χ1v) is 4.00. The highest BCUT2D eigenvalue weighted by Gasteiger charge is 2.53. The fraction of sp³-hybridized carbons (Fsp3) is 0.667. The average molecular weight is 136 g/mol. The van der Waals surface area contributed by atoms with Crippen molar-refractivity contribution in [3.05, 3.63) is 12.7 Å². The monoisotopic (exact) mass is 136 g/mol. The Labute approximate surface area is 61.1 Å². The molecule has 3 atom stereocenters. The molecule has 0 saturated heterocycles. The lowest BCUT2D eigenvalue weighted by atomic mass is 10.00. The Morgan fingerprint density at radius 1 is 1.60 bits per heavy atom. The van der Waals surface area contributed by atoms with E-state index in [4.69, 9.17) is 0 Å². The molecule has 0 bridgehead atoms. The van der Waals surface area contributed by atoms with Gasteiger partial charge in [0.15, 0.2) is 0 Å². The number of allylic oxidation sites excluding steroid dienone is 1. The summed E-state index contributed by atoms with van der Waals surface area (Å²) in [4.78, 5) is 11.2. The molecule has 10 heavy (non-hydrogen) atoms. The van der Waals surface area contributed by atoms with Gasteiger partial charge in [-0.2, -0.15) is 0 Å². The fourth-order valence-electron chi connectivity index (χ4n) is 2.23. The molecule has 2 fully saturated rings. The van der Waals surface area contributed by atoms with Crippen molar-refractivity contribution in [3.8, 4) is 0 Å². The third kappa shape index (κ3) is 0.664. The molecular weight excluding hydrogens is 124 g/mol. The van der Waals surface area contributed by atoms with E-state index >= 15 is 0 Å². The molecule has 0 spiro atoms. The van der Waals surface area contributed by atoms with Crippen LogP contribution in [0.1, 0.15) is 19.3 Å². The topological polar surface area (TPSA) is 17.1 Å². The van der Waals surface area contributed by atoms with E-state index in [-0.39, 0.29) is 0 Å². The first kappa shape index (κ1) is 6.14. The largest absolute Gasteiger partial charge is 0.299 e. The fourth-order valence-corrected chi connectivity index (χ4v) is 2.23. The summed E-state index contributed by atoms with van der Waals surface area (Å²) >= 11 is 0. The van der Waals surface area contributed by atoms with Crippen molar-refractivity contribution >= 4 is 5.78 Å². The van der Waals surface area contributed by atoms with E-state index in [0.717, 1.165) is 12.8 Å². The normalized spacial score (nSPS) is 44.4. The number of fused-ring (bicyclic) bond motifs is 1. The van der Waals surface area contributed by atoms with Crippen LogP contribution in [0.15, 0.2) is 12.7 Å². The Morgan fingerprint density at radius 3 is 3.00 bits per heavy atom. The predicted octanol–water partition coefficient (Wildman–Crippen LogP) is 1.79.